The second-order valence-electron chi connectivity index (χ2n) is 3.60. The van der Waals surface area contributed by atoms with Crippen molar-refractivity contribution in [2.24, 2.45) is 5.92 Å². The monoisotopic (exact) mass is 141 g/mol. The highest BCUT2D eigenvalue weighted by Crippen LogP contribution is 2.21. The van der Waals surface area contributed by atoms with E-state index in [9.17, 15) is 0 Å². The smallest absolute Gasteiger partial charge is 0.00641 e. The molecule has 1 aliphatic carbocycles. The van der Waals surface area contributed by atoms with Gasteiger partial charge in [-0.25, -0.2) is 0 Å². The molecular formula is C9H19N. The largest absolute Gasteiger partial charge is 0.317 e. The van der Waals surface area contributed by atoms with Gasteiger partial charge in [0.15, 0.2) is 0 Å². The summed E-state index contributed by atoms with van der Waals surface area (Å²) < 4.78 is 0. The number of hydrogen-bond donors (Lipinski definition) is 1. The van der Waals surface area contributed by atoms with Gasteiger partial charge in [-0.1, -0.05) is 19.8 Å². The van der Waals surface area contributed by atoms with Crippen LogP contribution in [0.5, 0.6) is 0 Å². The summed E-state index contributed by atoms with van der Waals surface area (Å²) in [7, 11) is 2.08. The lowest BCUT2D eigenvalue weighted by atomic mass is 10.0. The van der Waals surface area contributed by atoms with Crippen molar-refractivity contribution in [3.63, 3.8) is 0 Å². The van der Waals surface area contributed by atoms with Crippen molar-refractivity contribution >= 4 is 0 Å². The molecule has 60 valence electrons. The maximum atomic E-state index is 3.36. The van der Waals surface area contributed by atoms with Gasteiger partial charge in [0, 0.05) is 6.04 Å². The molecular weight excluding hydrogens is 122 g/mol. The van der Waals surface area contributed by atoms with Gasteiger partial charge in [-0.3, -0.25) is 0 Å². The lowest BCUT2D eigenvalue weighted by Crippen LogP contribution is -2.23. The average molecular weight is 141 g/mol. The van der Waals surface area contributed by atoms with Gasteiger partial charge in [-0.15, -0.1) is 0 Å². The van der Waals surface area contributed by atoms with Crippen LogP contribution in [0.25, 0.3) is 0 Å². The molecule has 0 spiro atoms. The number of nitrogens with one attached hydrogen (secondary N) is 1. The first kappa shape index (κ1) is 8.06. The summed E-state index contributed by atoms with van der Waals surface area (Å²) in [6, 6.07) is 0.810. The maximum absolute atomic E-state index is 3.36. The lowest BCUT2D eigenvalue weighted by Gasteiger charge is -2.11. The van der Waals surface area contributed by atoms with Gasteiger partial charge >= 0.3 is 0 Å². The van der Waals surface area contributed by atoms with Crippen molar-refractivity contribution in [2.45, 2.75) is 45.1 Å². The summed E-state index contributed by atoms with van der Waals surface area (Å²) >= 11 is 0. The Bertz CT molecular complexity index is 90.7. The maximum Gasteiger partial charge on any atom is 0.00641 e. The van der Waals surface area contributed by atoms with E-state index in [4.69, 9.17) is 0 Å². The number of hydrogen-bond acceptors (Lipinski definition) is 1. The normalized spacial score (nSPS) is 35.4. The van der Waals surface area contributed by atoms with E-state index >= 15 is 0 Å². The minimum atomic E-state index is 0.810. The Hall–Kier alpha value is -0.0400. The van der Waals surface area contributed by atoms with Crippen LogP contribution in [0.1, 0.15) is 39.0 Å². The predicted molar refractivity (Wildman–Crippen MR) is 45.1 cm³/mol. The third-order valence-corrected chi connectivity index (χ3v) is 2.67. The Balaban J connectivity index is 2.26. The quantitative estimate of drug-likeness (QED) is 0.552. The van der Waals surface area contributed by atoms with Gasteiger partial charge in [0.05, 0.1) is 0 Å². The summed E-state index contributed by atoms with van der Waals surface area (Å²) in [4.78, 5) is 0. The van der Waals surface area contributed by atoms with E-state index in [2.05, 4.69) is 19.3 Å². The Morgan fingerprint density at radius 3 is 2.60 bits per heavy atom. The molecule has 2 atom stereocenters. The molecule has 0 aromatic carbocycles. The van der Waals surface area contributed by atoms with Crippen molar-refractivity contribution in [3.05, 3.63) is 0 Å². The first-order valence-corrected chi connectivity index (χ1v) is 4.50. The van der Waals surface area contributed by atoms with Crippen molar-refractivity contribution in [3.8, 4) is 0 Å². The highest BCUT2D eigenvalue weighted by atomic mass is 14.9. The Morgan fingerprint density at radius 2 is 1.90 bits per heavy atom. The fourth-order valence-corrected chi connectivity index (χ4v) is 1.78. The molecule has 0 radical (unpaired) electrons. The molecule has 0 aromatic heterocycles. The van der Waals surface area contributed by atoms with Crippen molar-refractivity contribution < 1.29 is 0 Å². The first-order valence-electron chi connectivity index (χ1n) is 4.50. The van der Waals surface area contributed by atoms with Crippen LogP contribution in [0.4, 0.5) is 0 Å². The molecule has 0 amide bonds. The van der Waals surface area contributed by atoms with Gasteiger partial charge < -0.3 is 5.32 Å². The third-order valence-electron chi connectivity index (χ3n) is 2.67. The zero-order chi connectivity index (χ0) is 7.40. The zero-order valence-corrected chi connectivity index (χ0v) is 7.19. The second-order valence-corrected chi connectivity index (χ2v) is 3.60. The molecule has 10 heavy (non-hydrogen) atoms. The van der Waals surface area contributed by atoms with Crippen LogP contribution in [-0.4, -0.2) is 13.1 Å². The molecule has 1 rings (SSSR count). The Kier molecular flexibility index (Phi) is 3.20. The fraction of sp³-hybridized carbons (Fsp3) is 1.00. The van der Waals surface area contributed by atoms with Gasteiger partial charge in [-0.05, 0) is 32.2 Å². The minimum Gasteiger partial charge on any atom is -0.317 e. The van der Waals surface area contributed by atoms with Crippen LogP contribution in [0.2, 0.25) is 0 Å². The zero-order valence-electron chi connectivity index (χ0n) is 7.19. The lowest BCUT2D eigenvalue weighted by molar-refractivity contribution is 0.475. The minimum absolute atomic E-state index is 0.810. The van der Waals surface area contributed by atoms with Crippen molar-refractivity contribution in [1.29, 1.82) is 0 Å². The van der Waals surface area contributed by atoms with Crippen LogP contribution in [-0.2, 0) is 0 Å². The summed E-state index contributed by atoms with van der Waals surface area (Å²) in [5.74, 6) is 0.971. The molecule has 0 unspecified atom stereocenters. The second kappa shape index (κ2) is 3.97. The van der Waals surface area contributed by atoms with Crippen LogP contribution in [0.15, 0.2) is 0 Å². The van der Waals surface area contributed by atoms with E-state index in [0.717, 1.165) is 12.0 Å². The van der Waals surface area contributed by atoms with E-state index < -0.39 is 0 Å². The van der Waals surface area contributed by atoms with Crippen molar-refractivity contribution in [2.75, 3.05) is 7.05 Å². The SMILES string of the molecule is CN[C@H]1CCC[C@@H](C)CC1. The molecule has 0 aromatic rings. The van der Waals surface area contributed by atoms with E-state index in [1.54, 1.807) is 0 Å². The van der Waals surface area contributed by atoms with Crippen LogP contribution in [0, 0.1) is 5.92 Å². The van der Waals surface area contributed by atoms with Crippen molar-refractivity contribution in [1.82, 2.24) is 5.32 Å². The molecule has 0 heterocycles. The third kappa shape index (κ3) is 2.30. The molecule has 1 N–H and O–H groups in total. The summed E-state index contributed by atoms with van der Waals surface area (Å²) in [5, 5.41) is 3.36. The highest BCUT2D eigenvalue weighted by Gasteiger charge is 2.13. The van der Waals surface area contributed by atoms with E-state index in [1.807, 2.05) is 0 Å². The van der Waals surface area contributed by atoms with Gasteiger partial charge in [0.25, 0.3) is 0 Å². The van der Waals surface area contributed by atoms with Gasteiger partial charge in [0.1, 0.15) is 0 Å². The average Bonchev–Trinajstić information content (AvgIpc) is 2.14. The summed E-state index contributed by atoms with van der Waals surface area (Å²) in [5.41, 5.74) is 0. The topological polar surface area (TPSA) is 12.0 Å². The Morgan fingerprint density at radius 1 is 1.10 bits per heavy atom. The van der Waals surface area contributed by atoms with Crippen LogP contribution < -0.4 is 5.32 Å². The van der Waals surface area contributed by atoms with Crippen LogP contribution in [0.3, 0.4) is 0 Å². The first-order chi connectivity index (χ1) is 4.83. The highest BCUT2D eigenvalue weighted by molar-refractivity contribution is 4.71. The Labute approximate surface area is 64.2 Å². The summed E-state index contributed by atoms with van der Waals surface area (Å²) in [6.45, 7) is 2.37. The molecule has 0 saturated heterocycles. The molecule has 1 fully saturated rings. The fourth-order valence-electron chi connectivity index (χ4n) is 1.78. The predicted octanol–water partition coefficient (Wildman–Crippen LogP) is 2.17. The van der Waals surface area contributed by atoms with Gasteiger partial charge in [-0.2, -0.15) is 0 Å². The molecule has 1 aliphatic rings. The molecule has 0 bridgehead atoms. The van der Waals surface area contributed by atoms with E-state index in [0.29, 0.717) is 0 Å². The van der Waals surface area contributed by atoms with Crippen LogP contribution >= 0.6 is 0 Å². The standard InChI is InChI=1S/C9H19N/c1-8-4-3-5-9(10-2)7-6-8/h8-10H,3-7H2,1-2H3/t8-,9+/m1/s1. The summed E-state index contributed by atoms with van der Waals surface area (Å²) in [6.07, 6.45) is 7.06. The molecule has 1 heteroatoms. The molecule has 0 aliphatic heterocycles. The van der Waals surface area contributed by atoms with Gasteiger partial charge in [0.2, 0.25) is 0 Å². The van der Waals surface area contributed by atoms with E-state index in [1.165, 1.54) is 32.1 Å². The molecule has 1 saturated carbocycles. The number of rotatable bonds is 1. The molecule has 1 nitrogen and oxygen atoms in total. The van der Waals surface area contributed by atoms with E-state index in [-0.39, 0.29) is 0 Å².